The van der Waals surface area contributed by atoms with Crippen LogP contribution in [0.2, 0.25) is 0 Å². The van der Waals surface area contributed by atoms with E-state index in [4.69, 9.17) is 0 Å². The monoisotopic (exact) mass is 278 g/mol. The van der Waals surface area contributed by atoms with Crippen molar-refractivity contribution in [2.24, 2.45) is 5.92 Å². The Balaban J connectivity index is 1.74. The van der Waals surface area contributed by atoms with Gasteiger partial charge in [-0.05, 0) is 49.5 Å². The van der Waals surface area contributed by atoms with E-state index in [2.05, 4.69) is 38.2 Å². The van der Waals surface area contributed by atoms with Gasteiger partial charge in [0.15, 0.2) is 0 Å². The van der Waals surface area contributed by atoms with E-state index in [0.29, 0.717) is 5.92 Å². The fourth-order valence-electron chi connectivity index (χ4n) is 4.26. The molecule has 4 nitrogen and oxygen atoms in total. The molecule has 1 unspecified atom stereocenters. The van der Waals surface area contributed by atoms with Crippen LogP contribution in [0.5, 0.6) is 0 Å². The lowest BCUT2D eigenvalue weighted by molar-refractivity contribution is 0.0877. The smallest absolute Gasteiger partial charge is 0.0962 e. The number of fused-ring (bicyclic) bond motifs is 6. The Labute approximate surface area is 123 Å². The number of benzene rings is 1. The third-order valence-corrected chi connectivity index (χ3v) is 5.36. The Morgan fingerprint density at radius 3 is 2.86 bits per heavy atom. The van der Waals surface area contributed by atoms with Crippen LogP contribution in [0.3, 0.4) is 0 Å². The minimum absolute atomic E-state index is 0.630. The average Bonchev–Trinajstić information content (AvgIpc) is 3.00. The molecule has 3 aliphatic heterocycles. The van der Waals surface area contributed by atoms with Gasteiger partial charge in [0.1, 0.15) is 0 Å². The minimum Gasteiger partial charge on any atom is -0.358 e. The first kappa shape index (κ1) is 11.7. The molecule has 3 aromatic rings. The van der Waals surface area contributed by atoms with E-state index in [1.54, 1.807) is 0 Å². The summed E-state index contributed by atoms with van der Waals surface area (Å²) in [6.07, 6.45) is 8.50. The molecule has 2 aromatic heterocycles. The second-order valence-electron chi connectivity index (χ2n) is 6.40. The van der Waals surface area contributed by atoms with Crippen LogP contribution in [0.15, 0.2) is 30.7 Å². The van der Waals surface area contributed by atoms with Crippen LogP contribution in [0.25, 0.3) is 21.9 Å². The zero-order chi connectivity index (χ0) is 13.8. The van der Waals surface area contributed by atoms with Crippen molar-refractivity contribution < 1.29 is 0 Å². The number of hydrogen-bond acceptors (Lipinski definition) is 3. The van der Waals surface area contributed by atoms with Gasteiger partial charge in [-0.15, -0.1) is 0 Å². The lowest BCUT2D eigenvalue weighted by Gasteiger charge is -2.44. The van der Waals surface area contributed by atoms with Crippen molar-refractivity contribution >= 4 is 21.9 Å². The fraction of sp³-hybridized carbons (Fsp3) is 0.412. The van der Waals surface area contributed by atoms with E-state index in [0.717, 1.165) is 22.5 Å². The van der Waals surface area contributed by atoms with Crippen molar-refractivity contribution in [3.8, 4) is 0 Å². The highest BCUT2D eigenvalue weighted by atomic mass is 15.1. The Bertz CT molecular complexity index is 814. The Kier molecular flexibility index (Phi) is 2.38. The van der Waals surface area contributed by atoms with E-state index in [-0.39, 0.29) is 0 Å². The topological polar surface area (TPSA) is 44.8 Å². The average molecular weight is 278 g/mol. The molecule has 1 N–H and O–H groups in total. The maximum absolute atomic E-state index is 4.66. The molecule has 2 bridgehead atoms. The molecule has 106 valence electrons. The number of H-pyrrole nitrogens is 1. The van der Waals surface area contributed by atoms with Gasteiger partial charge >= 0.3 is 0 Å². The second kappa shape index (κ2) is 4.28. The van der Waals surface area contributed by atoms with Gasteiger partial charge in [-0.2, -0.15) is 0 Å². The van der Waals surface area contributed by atoms with E-state index in [1.807, 2.05) is 12.4 Å². The van der Waals surface area contributed by atoms with Crippen molar-refractivity contribution in [2.45, 2.75) is 18.8 Å². The summed E-state index contributed by atoms with van der Waals surface area (Å²) in [4.78, 5) is 15.2. The molecule has 3 saturated heterocycles. The van der Waals surface area contributed by atoms with Crippen molar-refractivity contribution in [3.63, 3.8) is 0 Å². The number of hydrogen-bond donors (Lipinski definition) is 1. The maximum Gasteiger partial charge on any atom is 0.0962 e. The summed E-state index contributed by atoms with van der Waals surface area (Å²) in [5, 5.41) is 1.27. The normalized spacial score (nSPS) is 28.5. The van der Waals surface area contributed by atoms with E-state index in [1.165, 1.54) is 43.4 Å². The SMILES string of the molecule is c1c[nH]c2ccc3ncc(C4CN5CCC4CC5)c3c2n1. The highest BCUT2D eigenvalue weighted by molar-refractivity contribution is 6.04. The van der Waals surface area contributed by atoms with Gasteiger partial charge < -0.3 is 9.88 Å². The third-order valence-electron chi connectivity index (χ3n) is 5.36. The van der Waals surface area contributed by atoms with Crippen LogP contribution < -0.4 is 0 Å². The third kappa shape index (κ3) is 1.65. The first-order valence-electron chi connectivity index (χ1n) is 7.83. The quantitative estimate of drug-likeness (QED) is 0.744. The zero-order valence-corrected chi connectivity index (χ0v) is 11.9. The van der Waals surface area contributed by atoms with Crippen molar-refractivity contribution in [2.75, 3.05) is 19.6 Å². The molecule has 0 saturated carbocycles. The molecule has 3 fully saturated rings. The first-order chi connectivity index (χ1) is 10.4. The molecule has 0 amide bonds. The highest BCUT2D eigenvalue weighted by Gasteiger charge is 2.36. The summed E-state index contributed by atoms with van der Waals surface area (Å²) in [5.41, 5.74) is 4.66. The first-order valence-corrected chi connectivity index (χ1v) is 7.83. The van der Waals surface area contributed by atoms with Crippen molar-refractivity contribution in [1.82, 2.24) is 19.9 Å². The minimum atomic E-state index is 0.630. The number of aromatic amines is 1. The van der Waals surface area contributed by atoms with Gasteiger partial charge in [0.25, 0.3) is 0 Å². The van der Waals surface area contributed by atoms with E-state index >= 15 is 0 Å². The van der Waals surface area contributed by atoms with Gasteiger partial charge in [0, 0.05) is 36.4 Å². The molecule has 3 aliphatic rings. The molecule has 4 heteroatoms. The predicted octanol–water partition coefficient (Wildman–Crippen LogP) is 2.92. The van der Waals surface area contributed by atoms with Crippen molar-refractivity contribution in [1.29, 1.82) is 0 Å². The number of nitrogens with one attached hydrogen (secondary N) is 1. The number of nitrogens with zero attached hydrogens (tertiary/aromatic N) is 3. The summed E-state index contributed by atoms with van der Waals surface area (Å²) in [7, 11) is 0. The molecule has 21 heavy (non-hydrogen) atoms. The van der Waals surface area contributed by atoms with Gasteiger partial charge in [0.05, 0.1) is 16.6 Å². The molecule has 1 aromatic carbocycles. The summed E-state index contributed by atoms with van der Waals surface area (Å²) >= 11 is 0. The summed E-state index contributed by atoms with van der Waals surface area (Å²) < 4.78 is 0. The number of aromatic nitrogens is 3. The summed E-state index contributed by atoms with van der Waals surface area (Å²) in [6.45, 7) is 3.75. The Morgan fingerprint density at radius 2 is 2.05 bits per heavy atom. The van der Waals surface area contributed by atoms with Crippen LogP contribution >= 0.6 is 0 Å². The highest BCUT2D eigenvalue weighted by Crippen LogP contribution is 2.42. The van der Waals surface area contributed by atoms with Gasteiger partial charge in [-0.3, -0.25) is 9.97 Å². The molecule has 0 radical (unpaired) electrons. The fourth-order valence-corrected chi connectivity index (χ4v) is 4.26. The number of piperidine rings is 3. The molecule has 0 spiro atoms. The molecular formula is C17H18N4. The Hall–Kier alpha value is -1.94. The predicted molar refractivity (Wildman–Crippen MR) is 83.3 cm³/mol. The number of rotatable bonds is 1. The van der Waals surface area contributed by atoms with Crippen LogP contribution in [0.1, 0.15) is 24.3 Å². The van der Waals surface area contributed by atoms with Crippen LogP contribution in [-0.4, -0.2) is 39.5 Å². The van der Waals surface area contributed by atoms with Crippen molar-refractivity contribution in [3.05, 3.63) is 36.3 Å². The summed E-state index contributed by atoms with van der Waals surface area (Å²) in [5.74, 6) is 1.45. The molecule has 0 aliphatic carbocycles. The largest absolute Gasteiger partial charge is 0.358 e. The van der Waals surface area contributed by atoms with E-state index in [9.17, 15) is 0 Å². The second-order valence-corrected chi connectivity index (χ2v) is 6.40. The van der Waals surface area contributed by atoms with Gasteiger partial charge in [0.2, 0.25) is 0 Å². The van der Waals surface area contributed by atoms with E-state index < -0.39 is 0 Å². The van der Waals surface area contributed by atoms with Gasteiger partial charge in [-0.25, -0.2) is 0 Å². The zero-order valence-electron chi connectivity index (χ0n) is 11.9. The standard InChI is InChI=1S/C17H18N4/c1-2-15-17(19-6-5-18-15)16-12(9-20-14(1)16)13-10-21-7-3-11(13)4-8-21/h1-2,5-6,9,11,13,18H,3-4,7-8,10H2. The molecule has 5 heterocycles. The lowest BCUT2D eigenvalue weighted by atomic mass is 9.75. The maximum atomic E-state index is 4.66. The molecular weight excluding hydrogens is 260 g/mol. The summed E-state index contributed by atoms with van der Waals surface area (Å²) in [6, 6.07) is 4.19. The van der Waals surface area contributed by atoms with Crippen LogP contribution in [-0.2, 0) is 0 Å². The lowest BCUT2D eigenvalue weighted by Crippen LogP contribution is -2.46. The van der Waals surface area contributed by atoms with Gasteiger partial charge in [-0.1, -0.05) is 0 Å². The molecule has 6 rings (SSSR count). The Morgan fingerprint density at radius 1 is 1.14 bits per heavy atom. The van der Waals surface area contributed by atoms with Crippen LogP contribution in [0, 0.1) is 5.92 Å². The van der Waals surface area contributed by atoms with Crippen LogP contribution in [0.4, 0.5) is 0 Å². The molecule has 1 atom stereocenters.